The maximum absolute atomic E-state index is 13.4. The zero-order chi connectivity index (χ0) is 22.7. The van der Waals surface area contributed by atoms with Crippen LogP contribution < -0.4 is 0 Å². The standard InChI is InChI=1S/C13H26F6NO5PS2/c1-5-8-26(9-6-2,10-7-3,11-25-4)20(27(21,22)12(14,15)16)28(23,24)13(17,18)19/h5-11H2,1-4H3. The first-order valence-electron chi connectivity index (χ1n) is 8.36. The van der Waals surface area contributed by atoms with Crippen molar-refractivity contribution in [3.63, 3.8) is 0 Å². The molecule has 0 rings (SSSR count). The zero-order valence-electron chi connectivity index (χ0n) is 16.0. The summed E-state index contributed by atoms with van der Waals surface area (Å²) in [4.78, 5) is 0. The van der Waals surface area contributed by atoms with Gasteiger partial charge in [-0.3, -0.25) is 0 Å². The van der Waals surface area contributed by atoms with Gasteiger partial charge in [0.1, 0.15) is 0 Å². The Hall–Kier alpha value is -0.170. The third-order valence-corrected chi connectivity index (χ3v) is 18.2. The van der Waals surface area contributed by atoms with Crippen molar-refractivity contribution in [1.29, 1.82) is 0 Å². The molecule has 0 bridgehead atoms. The molecule has 28 heavy (non-hydrogen) atoms. The number of hydrogen-bond acceptors (Lipinski definition) is 5. The summed E-state index contributed by atoms with van der Waals surface area (Å²) in [5.41, 5.74) is -12.5. The van der Waals surface area contributed by atoms with Crippen molar-refractivity contribution in [2.24, 2.45) is 0 Å². The van der Waals surface area contributed by atoms with E-state index in [1.54, 1.807) is 0 Å². The third-order valence-electron chi connectivity index (χ3n) is 4.31. The Morgan fingerprint density at radius 3 is 1.21 bits per heavy atom. The predicted octanol–water partition coefficient (Wildman–Crippen LogP) is 4.29. The van der Waals surface area contributed by atoms with Gasteiger partial charge in [0.05, 0.1) is 0 Å². The van der Waals surface area contributed by atoms with Gasteiger partial charge in [-0.15, -0.1) is 0 Å². The molecule has 0 aromatic carbocycles. The van der Waals surface area contributed by atoms with E-state index >= 15 is 0 Å². The Morgan fingerprint density at radius 1 is 0.750 bits per heavy atom. The fraction of sp³-hybridized carbons (Fsp3) is 1.00. The summed E-state index contributed by atoms with van der Waals surface area (Å²) in [6.07, 6.45) is -2.27. The molecule has 0 radical (unpaired) electrons. The molecule has 172 valence electrons. The van der Waals surface area contributed by atoms with Crippen LogP contribution in [0.15, 0.2) is 0 Å². The summed E-state index contributed by atoms with van der Waals surface area (Å²) in [6, 6.07) is 0. The maximum atomic E-state index is 13.4. The first-order chi connectivity index (χ1) is 12.4. The minimum absolute atomic E-state index is 0.0293. The van der Waals surface area contributed by atoms with E-state index in [0.717, 1.165) is 7.11 Å². The summed E-state index contributed by atoms with van der Waals surface area (Å²) >= 11 is 0. The van der Waals surface area contributed by atoms with Crippen LogP contribution in [0, 0.1) is 0 Å². The fourth-order valence-corrected chi connectivity index (χ4v) is 18.6. The second kappa shape index (κ2) is 8.91. The van der Waals surface area contributed by atoms with Crippen molar-refractivity contribution >= 4 is 26.8 Å². The van der Waals surface area contributed by atoms with Gasteiger partial charge in [-0.1, -0.05) is 0 Å². The number of rotatable bonds is 11. The second-order valence-corrected chi connectivity index (χ2v) is 16.7. The Labute approximate surface area is 161 Å². The average molecular weight is 485 g/mol. The van der Waals surface area contributed by atoms with E-state index in [4.69, 9.17) is 4.74 Å². The van der Waals surface area contributed by atoms with Gasteiger partial charge in [0.2, 0.25) is 0 Å². The van der Waals surface area contributed by atoms with Gasteiger partial charge in [-0.05, 0) is 0 Å². The summed E-state index contributed by atoms with van der Waals surface area (Å²) in [6.45, 7) is -0.687. The van der Waals surface area contributed by atoms with Crippen molar-refractivity contribution in [3.05, 3.63) is 0 Å². The van der Waals surface area contributed by atoms with E-state index in [-0.39, 0.29) is 19.3 Å². The number of nitrogens with zero attached hydrogens (tertiary/aromatic N) is 1. The molecular weight excluding hydrogens is 459 g/mol. The van der Waals surface area contributed by atoms with E-state index < -0.39 is 66.1 Å². The Balaban J connectivity index is 7.66. The van der Waals surface area contributed by atoms with E-state index in [9.17, 15) is 43.2 Å². The number of sulfonamides is 2. The Bertz CT molecular complexity index is 656. The van der Waals surface area contributed by atoms with Crippen LogP contribution in [0.25, 0.3) is 0 Å². The average Bonchev–Trinajstić information content (AvgIpc) is 2.45. The number of methoxy groups -OCH3 is 1. The monoisotopic (exact) mass is 485 g/mol. The van der Waals surface area contributed by atoms with Crippen molar-refractivity contribution in [2.75, 3.05) is 31.9 Å². The molecule has 0 heterocycles. The third kappa shape index (κ3) is 4.76. The molecule has 15 heteroatoms. The molecule has 0 aromatic rings. The molecule has 0 aliphatic rings. The predicted molar refractivity (Wildman–Crippen MR) is 96.1 cm³/mol. The quantitative estimate of drug-likeness (QED) is 0.322. The van der Waals surface area contributed by atoms with Crippen LogP contribution >= 0.6 is 6.75 Å². The molecule has 0 aliphatic carbocycles. The van der Waals surface area contributed by atoms with Gasteiger partial charge in [0.15, 0.2) is 0 Å². The van der Waals surface area contributed by atoms with Crippen LogP contribution in [0.1, 0.15) is 40.0 Å². The molecule has 0 aliphatic heterocycles. The molecule has 0 N–H and O–H groups in total. The number of ether oxygens (including phenoxy) is 1. The topological polar surface area (TPSA) is 80.8 Å². The van der Waals surface area contributed by atoms with Crippen LogP contribution in [0.3, 0.4) is 0 Å². The van der Waals surface area contributed by atoms with Crippen LogP contribution in [0.4, 0.5) is 26.3 Å². The van der Waals surface area contributed by atoms with Crippen LogP contribution in [0.5, 0.6) is 0 Å². The van der Waals surface area contributed by atoms with Crippen LogP contribution in [-0.4, -0.2) is 63.3 Å². The first kappa shape index (κ1) is 27.8. The van der Waals surface area contributed by atoms with Crippen molar-refractivity contribution < 1.29 is 47.9 Å². The van der Waals surface area contributed by atoms with Gasteiger partial charge in [0, 0.05) is 0 Å². The Kier molecular flexibility index (Phi) is 8.85. The van der Waals surface area contributed by atoms with Crippen molar-refractivity contribution in [1.82, 2.24) is 3.48 Å². The van der Waals surface area contributed by atoms with Crippen LogP contribution in [0.2, 0.25) is 0 Å². The molecule has 0 unspecified atom stereocenters. The van der Waals surface area contributed by atoms with Gasteiger partial charge < -0.3 is 0 Å². The van der Waals surface area contributed by atoms with Crippen molar-refractivity contribution in [3.8, 4) is 0 Å². The van der Waals surface area contributed by atoms with E-state index in [2.05, 4.69) is 0 Å². The summed E-state index contributed by atoms with van der Waals surface area (Å²) in [5, 5.41) is 0. The molecule has 0 spiro atoms. The van der Waals surface area contributed by atoms with Crippen molar-refractivity contribution in [2.45, 2.75) is 51.1 Å². The van der Waals surface area contributed by atoms with Gasteiger partial charge in [-0.25, -0.2) is 0 Å². The molecule has 6 nitrogen and oxygen atoms in total. The summed E-state index contributed by atoms with van der Waals surface area (Å²) in [7, 11) is -12.8. The summed E-state index contributed by atoms with van der Waals surface area (Å²) in [5.74, 6) is 0. The SMILES string of the molecule is CCCP(CCC)(CCC)(COC)N(S(=O)(=O)C(F)(F)F)S(=O)(=O)C(F)(F)F. The number of hydrogen-bond donors (Lipinski definition) is 0. The molecule has 0 fully saturated rings. The zero-order valence-corrected chi connectivity index (χ0v) is 18.5. The van der Waals surface area contributed by atoms with E-state index in [1.807, 2.05) is 0 Å². The molecule has 0 amide bonds. The number of halogens is 6. The van der Waals surface area contributed by atoms with E-state index in [1.165, 1.54) is 20.8 Å². The molecule has 0 saturated carbocycles. The first-order valence-corrected chi connectivity index (χ1v) is 14.2. The van der Waals surface area contributed by atoms with E-state index in [0.29, 0.717) is 0 Å². The Morgan fingerprint density at radius 2 is 1.04 bits per heavy atom. The summed E-state index contributed by atoms with van der Waals surface area (Å²) < 4.78 is 133. The minimum atomic E-state index is -6.88. The van der Waals surface area contributed by atoms with Gasteiger partial charge >= 0.3 is 161 Å². The molecular formula is C13H26F6NO5PS2. The second-order valence-electron chi connectivity index (χ2n) is 6.58. The van der Waals surface area contributed by atoms with Gasteiger partial charge in [-0.2, -0.15) is 0 Å². The number of alkyl halides is 6. The van der Waals surface area contributed by atoms with Crippen LogP contribution in [-0.2, 0) is 24.8 Å². The molecule has 0 atom stereocenters. The van der Waals surface area contributed by atoms with Gasteiger partial charge in [0.25, 0.3) is 0 Å². The fourth-order valence-electron chi connectivity index (χ4n) is 3.79. The molecule has 0 saturated heterocycles. The normalized spacial score (nSPS) is 16.2. The molecule has 0 aromatic heterocycles.